The molecule has 2 fully saturated rings. The largest absolute Gasteiger partial charge is 0.485 e. The fourth-order valence-corrected chi connectivity index (χ4v) is 8.28. The number of aromatic nitrogens is 2. The number of hydroxylamine groups is 2. The van der Waals surface area contributed by atoms with Gasteiger partial charge in [-0.2, -0.15) is 13.5 Å². The number of nitrogens with two attached hydrogens (primary N) is 1. The number of thiazole rings is 1. The Morgan fingerprint density at radius 1 is 1.08 bits per heavy atom. The van der Waals surface area contributed by atoms with Crippen LogP contribution in [0.4, 0.5) is 15.7 Å². The third kappa shape index (κ3) is 11.9. The van der Waals surface area contributed by atoms with Crippen LogP contribution in [0, 0.1) is 5.92 Å². The van der Waals surface area contributed by atoms with Crippen molar-refractivity contribution in [2.75, 3.05) is 36.8 Å². The number of hydrogen-bond acceptors (Lipinski definition) is 17. The Kier molecular flexibility index (Phi) is 14.2. The highest BCUT2D eigenvalue weighted by molar-refractivity contribution is 7.80. The fraction of sp³-hybridized carbons (Fsp3) is 0.548. The van der Waals surface area contributed by atoms with Gasteiger partial charge in [0, 0.05) is 42.6 Å². The van der Waals surface area contributed by atoms with Gasteiger partial charge < -0.3 is 35.4 Å². The number of nitrogens with one attached hydrogen (secondary N) is 4. The molecule has 0 bridgehead atoms. The lowest BCUT2D eigenvalue weighted by Crippen LogP contribution is -2.76. The molecule has 5 heterocycles. The molecule has 0 aliphatic carbocycles. The highest BCUT2D eigenvalue weighted by atomic mass is 32.3. The normalized spacial score (nSPS) is 19.6. The van der Waals surface area contributed by atoms with Crippen LogP contribution in [0.3, 0.4) is 0 Å². The molecule has 3 aliphatic heterocycles. The highest BCUT2D eigenvalue weighted by Gasteiger charge is 2.58. The summed E-state index contributed by atoms with van der Waals surface area (Å²) in [7, 11) is -5.09. The van der Waals surface area contributed by atoms with Crippen molar-refractivity contribution in [2.24, 2.45) is 16.8 Å². The van der Waals surface area contributed by atoms with Gasteiger partial charge in [-0.05, 0) is 104 Å². The van der Waals surface area contributed by atoms with Crippen molar-refractivity contribution in [1.82, 2.24) is 20.7 Å². The van der Waals surface area contributed by atoms with E-state index in [1.807, 2.05) is 30.3 Å². The van der Waals surface area contributed by atoms with E-state index >= 15 is 0 Å². The number of benzene rings is 1. The minimum absolute atomic E-state index is 0.00806. The molecule has 3 aliphatic rings. The summed E-state index contributed by atoms with van der Waals surface area (Å²) in [5.74, 6) is -0.916. The summed E-state index contributed by atoms with van der Waals surface area (Å²) < 4.78 is 56.4. The van der Waals surface area contributed by atoms with Gasteiger partial charge in [-0.25, -0.2) is 19.1 Å². The third-order valence-corrected chi connectivity index (χ3v) is 11.7. The van der Waals surface area contributed by atoms with Crippen molar-refractivity contribution in [3.63, 3.8) is 0 Å². The van der Waals surface area contributed by atoms with E-state index < -0.39 is 74.5 Å². The Hall–Kier alpha value is -5.46. The topological polar surface area (TPSA) is 275 Å². The van der Waals surface area contributed by atoms with E-state index in [2.05, 4.69) is 46.5 Å². The van der Waals surface area contributed by atoms with Gasteiger partial charge in [-0.15, -0.1) is 15.6 Å². The predicted molar refractivity (Wildman–Crippen MR) is 238 cm³/mol. The van der Waals surface area contributed by atoms with Gasteiger partial charge in [0.15, 0.2) is 16.9 Å². The van der Waals surface area contributed by atoms with Gasteiger partial charge in [0.1, 0.15) is 28.7 Å². The van der Waals surface area contributed by atoms with Gasteiger partial charge in [0.2, 0.25) is 0 Å². The Labute approximate surface area is 381 Å². The third-order valence-electron chi connectivity index (χ3n) is 10.6. The molecule has 3 atom stereocenters. The number of pyridine rings is 1. The van der Waals surface area contributed by atoms with E-state index in [0.29, 0.717) is 36.2 Å². The number of carbonyl (C=O) groups is 4. The molecule has 354 valence electrons. The number of hydrogen-bond donors (Lipinski definition) is 6. The highest BCUT2D eigenvalue weighted by Crippen LogP contribution is 2.38. The molecule has 2 saturated heterocycles. The monoisotopic (exact) mass is 944 g/mol. The first-order valence-electron chi connectivity index (χ1n) is 21.0. The van der Waals surface area contributed by atoms with Crippen LogP contribution in [-0.4, -0.2) is 113 Å². The first kappa shape index (κ1) is 49.0. The zero-order valence-electron chi connectivity index (χ0n) is 37.8. The molecule has 6 rings (SSSR count). The van der Waals surface area contributed by atoms with Crippen LogP contribution in [0.25, 0.3) is 11.1 Å². The van der Waals surface area contributed by atoms with E-state index in [9.17, 15) is 32.1 Å². The van der Waals surface area contributed by atoms with Crippen molar-refractivity contribution < 1.29 is 60.0 Å². The first-order valence-corrected chi connectivity index (χ1v) is 23.3. The number of ether oxygens (including phenoxy) is 3. The van der Waals surface area contributed by atoms with E-state index in [1.54, 1.807) is 41.5 Å². The second-order valence-electron chi connectivity index (χ2n) is 18.7. The Morgan fingerprint density at radius 3 is 2.38 bits per heavy atom. The number of fused-ring (bicyclic) bond motifs is 1. The number of aryl methyl sites for hydroxylation is 1. The van der Waals surface area contributed by atoms with Crippen LogP contribution in [0.1, 0.15) is 80.0 Å². The maximum atomic E-state index is 14.2. The molecule has 2 aromatic heterocycles. The molecule has 65 heavy (non-hydrogen) atoms. The smallest absolute Gasteiger partial charge is 0.418 e. The molecule has 3 amide bonds. The molecule has 3 aromatic rings. The number of β-lactam (4-membered cyclic amide) rings is 1. The lowest BCUT2D eigenvalue weighted by atomic mass is 9.84. The minimum atomic E-state index is -5.09. The van der Waals surface area contributed by atoms with Gasteiger partial charge in [0.25, 0.3) is 23.2 Å². The SMILES string of the molecule is CC(C)(C)OC(=O)Nc1nc(/C(=N/OC(C)(C(=O)OC(C)(C)C)[C@H]2CCc3cc(-c4ccc(NCCN)[n+](CC5CNC5)c4)ccc3O2)C(=O)N[C@@H]2C(=O)N(OS(=O)(=O)O)C2(C)C)cs1. The second-order valence-corrected chi connectivity index (χ2v) is 20.5. The number of anilines is 2. The summed E-state index contributed by atoms with van der Waals surface area (Å²) in [6.45, 7) is 18.2. The summed E-state index contributed by atoms with van der Waals surface area (Å²) in [5.41, 5.74) is 2.64. The molecule has 1 aromatic carbocycles. The van der Waals surface area contributed by atoms with Crippen LogP contribution < -0.4 is 36.3 Å². The van der Waals surface area contributed by atoms with Gasteiger partial charge >= 0.3 is 22.5 Å². The maximum Gasteiger partial charge on any atom is 0.418 e. The number of esters is 1. The molecule has 0 spiro atoms. The van der Waals surface area contributed by atoms with Crippen LogP contribution in [0.5, 0.6) is 5.75 Å². The van der Waals surface area contributed by atoms with Crippen LogP contribution in [0.2, 0.25) is 0 Å². The van der Waals surface area contributed by atoms with Crippen molar-refractivity contribution in [3.05, 3.63) is 53.2 Å². The molecular weight excluding hydrogens is 887 g/mol. The molecule has 0 saturated carbocycles. The Balaban J connectivity index is 1.30. The summed E-state index contributed by atoms with van der Waals surface area (Å²) >= 11 is 0.916. The van der Waals surface area contributed by atoms with Crippen molar-refractivity contribution >= 4 is 62.3 Å². The van der Waals surface area contributed by atoms with Crippen molar-refractivity contribution in [1.29, 1.82) is 0 Å². The quantitative estimate of drug-likeness (QED) is 0.0301. The van der Waals surface area contributed by atoms with Gasteiger partial charge in [-0.3, -0.25) is 24.8 Å². The van der Waals surface area contributed by atoms with E-state index in [-0.39, 0.29) is 17.2 Å². The Morgan fingerprint density at radius 2 is 1.77 bits per heavy atom. The van der Waals surface area contributed by atoms with Crippen LogP contribution in [0.15, 0.2) is 47.1 Å². The summed E-state index contributed by atoms with van der Waals surface area (Å²) in [6, 6.07) is 8.51. The zero-order valence-corrected chi connectivity index (χ0v) is 39.5. The Bertz CT molecular complexity index is 2440. The molecule has 23 heteroatoms. The van der Waals surface area contributed by atoms with E-state index in [0.717, 1.165) is 53.5 Å². The fourth-order valence-electron chi connectivity index (χ4n) is 7.14. The van der Waals surface area contributed by atoms with Crippen molar-refractivity contribution in [3.8, 4) is 16.9 Å². The molecule has 21 nitrogen and oxygen atoms in total. The predicted octanol–water partition coefficient (Wildman–Crippen LogP) is 3.09. The zero-order chi connectivity index (χ0) is 47.7. The lowest BCUT2D eigenvalue weighted by molar-refractivity contribution is -0.690. The lowest BCUT2D eigenvalue weighted by Gasteiger charge is -2.50. The number of carbonyl (C=O) groups excluding carboxylic acids is 4. The number of amides is 3. The maximum absolute atomic E-state index is 14.2. The summed E-state index contributed by atoms with van der Waals surface area (Å²) in [4.78, 5) is 64.4. The standard InChI is InChI=1S/C42H57N9O12S2/c1-39(2,3)60-36(54)42(9,30-14-11-26-18-25(10-13-29(26)59-30)27-12-15-31(45-17-16-43)50(22-27)21-24-19-44-20-24)62-49-32(28-23-64-37(46-28)48-38(55)61-40(4,5)6)34(52)47-33-35(53)51(41(33,7)8)63-65(56,57)58/h10,12-13,15,18,22-24,30,33,44H,11,14,16-17,19-21,43H2,1-9H3,(H3,46,47,48,52,55,56,57,58)/p+1/b49-32-/t30-,33-,42?/m1/s1. The molecule has 7 N–H and O–H groups in total. The molecular formula is C42H58N9O12S2+. The minimum Gasteiger partial charge on any atom is -0.485 e. The summed E-state index contributed by atoms with van der Waals surface area (Å²) in [6.07, 6.45) is 1.01. The summed E-state index contributed by atoms with van der Waals surface area (Å²) in [5, 5.41) is 17.7. The number of oxime groups is 1. The van der Waals surface area contributed by atoms with E-state index in [1.165, 1.54) is 26.2 Å². The van der Waals surface area contributed by atoms with Crippen LogP contribution >= 0.6 is 11.3 Å². The number of nitrogens with zero attached hydrogens (tertiary/aromatic N) is 4. The first-order chi connectivity index (χ1) is 30.3. The van der Waals surface area contributed by atoms with Gasteiger partial charge in [0.05, 0.1) is 24.8 Å². The van der Waals surface area contributed by atoms with E-state index in [4.69, 9.17) is 24.8 Å². The van der Waals surface area contributed by atoms with Gasteiger partial charge in [-0.1, -0.05) is 11.2 Å². The molecule has 0 radical (unpaired) electrons. The van der Waals surface area contributed by atoms with Crippen molar-refractivity contribution in [2.45, 2.75) is 116 Å². The average Bonchev–Trinajstić information content (AvgIpc) is 3.64. The molecule has 1 unspecified atom stereocenters. The number of rotatable bonds is 16. The average molecular weight is 945 g/mol. The van der Waals surface area contributed by atoms with Crippen LogP contribution in [-0.2, 0) is 56.3 Å². The second kappa shape index (κ2) is 18.8.